The molecule has 0 saturated carbocycles. The topological polar surface area (TPSA) is 24.4 Å². The van der Waals surface area contributed by atoms with Crippen LogP contribution in [0.15, 0.2) is 53.6 Å². The largest absolute Gasteiger partial charge is 0.277 e. The van der Waals surface area contributed by atoms with Gasteiger partial charge in [-0.2, -0.15) is 5.10 Å². The number of halogens is 1. The summed E-state index contributed by atoms with van der Waals surface area (Å²) in [7, 11) is 0. The fraction of sp³-hybridized carbons (Fsp3) is 0.188. The maximum absolute atomic E-state index is 6.11. The number of hydrogen-bond donors (Lipinski definition) is 1. The van der Waals surface area contributed by atoms with E-state index >= 15 is 0 Å². The second-order valence-corrected chi connectivity index (χ2v) is 5.07. The average molecular weight is 271 g/mol. The van der Waals surface area contributed by atoms with Crippen LogP contribution in [-0.2, 0) is 6.42 Å². The molecule has 2 aromatic carbocycles. The van der Waals surface area contributed by atoms with Gasteiger partial charge in [0.15, 0.2) is 0 Å². The van der Waals surface area contributed by atoms with Crippen LogP contribution in [0.4, 0.5) is 5.69 Å². The van der Waals surface area contributed by atoms with Crippen LogP contribution in [0.5, 0.6) is 0 Å². The Morgan fingerprint density at radius 3 is 2.63 bits per heavy atom. The predicted octanol–water partition coefficient (Wildman–Crippen LogP) is 4.49. The number of nitrogens with zero attached hydrogens (tertiary/aromatic N) is 1. The number of para-hydroxylation sites is 1. The van der Waals surface area contributed by atoms with Gasteiger partial charge in [0.05, 0.1) is 16.4 Å². The zero-order valence-corrected chi connectivity index (χ0v) is 11.3. The number of anilines is 1. The standard InChI is InChI=1S/C16H15ClN2/c17-14-9-3-4-10-16(14)19-18-15-11-5-7-12-6-1-2-8-13(12)15/h1-4,6,8-10,19H,5,7,11H2/b18-15-. The first-order chi connectivity index (χ1) is 9.34. The number of aryl methyl sites for hydroxylation is 1. The molecule has 96 valence electrons. The SMILES string of the molecule is Clc1ccccc1N/N=C1/CCCc2ccccc21. The number of hydrazone groups is 1. The molecule has 2 nitrogen and oxygen atoms in total. The first kappa shape index (κ1) is 12.2. The van der Waals surface area contributed by atoms with Crippen LogP contribution >= 0.6 is 11.6 Å². The fourth-order valence-electron chi connectivity index (χ4n) is 2.40. The van der Waals surface area contributed by atoms with E-state index in [4.69, 9.17) is 11.6 Å². The Balaban J connectivity index is 1.88. The van der Waals surface area contributed by atoms with E-state index in [1.54, 1.807) is 0 Å². The highest BCUT2D eigenvalue weighted by Gasteiger charge is 2.14. The molecule has 0 fully saturated rings. The molecular formula is C16H15ClN2. The van der Waals surface area contributed by atoms with Gasteiger partial charge in [0.25, 0.3) is 0 Å². The summed E-state index contributed by atoms with van der Waals surface area (Å²) in [6, 6.07) is 16.1. The van der Waals surface area contributed by atoms with Gasteiger partial charge in [0.2, 0.25) is 0 Å². The highest BCUT2D eigenvalue weighted by Crippen LogP contribution is 2.23. The summed E-state index contributed by atoms with van der Waals surface area (Å²) in [4.78, 5) is 0. The number of benzene rings is 2. The molecule has 2 aromatic rings. The van der Waals surface area contributed by atoms with Gasteiger partial charge in [0.1, 0.15) is 0 Å². The molecule has 0 amide bonds. The summed E-state index contributed by atoms with van der Waals surface area (Å²) in [6.45, 7) is 0. The van der Waals surface area contributed by atoms with Crippen molar-refractivity contribution in [1.29, 1.82) is 0 Å². The van der Waals surface area contributed by atoms with Crippen molar-refractivity contribution in [2.75, 3.05) is 5.43 Å². The molecule has 0 saturated heterocycles. The van der Waals surface area contributed by atoms with Crippen LogP contribution < -0.4 is 5.43 Å². The zero-order valence-electron chi connectivity index (χ0n) is 10.6. The van der Waals surface area contributed by atoms with E-state index in [1.165, 1.54) is 11.1 Å². The van der Waals surface area contributed by atoms with Gasteiger partial charge in [-0.3, -0.25) is 5.43 Å². The van der Waals surface area contributed by atoms with Crippen LogP contribution in [0.2, 0.25) is 5.02 Å². The summed E-state index contributed by atoms with van der Waals surface area (Å²) >= 11 is 6.11. The summed E-state index contributed by atoms with van der Waals surface area (Å²) in [5, 5.41) is 5.23. The van der Waals surface area contributed by atoms with Crippen molar-refractivity contribution in [2.24, 2.45) is 5.10 Å². The van der Waals surface area contributed by atoms with Crippen molar-refractivity contribution in [1.82, 2.24) is 0 Å². The van der Waals surface area contributed by atoms with E-state index in [2.05, 4.69) is 34.8 Å². The second-order valence-electron chi connectivity index (χ2n) is 4.66. The Kier molecular flexibility index (Phi) is 3.51. The van der Waals surface area contributed by atoms with E-state index in [9.17, 15) is 0 Å². The van der Waals surface area contributed by atoms with Crippen molar-refractivity contribution in [3.8, 4) is 0 Å². The van der Waals surface area contributed by atoms with Gasteiger partial charge >= 0.3 is 0 Å². The molecule has 0 aromatic heterocycles. The molecule has 0 spiro atoms. The maximum atomic E-state index is 6.11. The molecule has 3 rings (SSSR count). The third-order valence-corrected chi connectivity index (χ3v) is 3.70. The lowest BCUT2D eigenvalue weighted by Gasteiger charge is -2.17. The first-order valence-corrected chi connectivity index (χ1v) is 6.88. The lowest BCUT2D eigenvalue weighted by Crippen LogP contribution is -2.13. The van der Waals surface area contributed by atoms with Crippen molar-refractivity contribution >= 4 is 23.0 Å². The lowest BCUT2D eigenvalue weighted by atomic mass is 9.90. The number of nitrogens with one attached hydrogen (secondary N) is 1. The van der Waals surface area contributed by atoms with Crippen LogP contribution in [-0.4, -0.2) is 5.71 Å². The Morgan fingerprint density at radius 1 is 0.947 bits per heavy atom. The van der Waals surface area contributed by atoms with Crippen LogP contribution in [0.3, 0.4) is 0 Å². The minimum Gasteiger partial charge on any atom is -0.277 e. The van der Waals surface area contributed by atoms with Crippen molar-refractivity contribution < 1.29 is 0 Å². The van der Waals surface area contributed by atoms with Crippen molar-refractivity contribution in [3.05, 3.63) is 64.7 Å². The minimum absolute atomic E-state index is 0.691. The minimum atomic E-state index is 0.691. The molecule has 19 heavy (non-hydrogen) atoms. The first-order valence-electron chi connectivity index (χ1n) is 6.50. The third kappa shape index (κ3) is 2.64. The van der Waals surface area contributed by atoms with Crippen LogP contribution in [0.25, 0.3) is 0 Å². The van der Waals surface area contributed by atoms with Gasteiger partial charge in [-0.05, 0) is 37.0 Å². The van der Waals surface area contributed by atoms with E-state index in [0.29, 0.717) is 5.02 Å². The Bertz CT molecular complexity index is 620. The highest BCUT2D eigenvalue weighted by atomic mass is 35.5. The van der Waals surface area contributed by atoms with Gasteiger partial charge in [-0.25, -0.2) is 0 Å². The Morgan fingerprint density at radius 2 is 1.74 bits per heavy atom. The van der Waals surface area contributed by atoms with Gasteiger partial charge in [-0.15, -0.1) is 0 Å². The Labute approximate surface area is 118 Å². The van der Waals surface area contributed by atoms with Gasteiger partial charge in [0, 0.05) is 5.56 Å². The predicted molar refractivity (Wildman–Crippen MR) is 81.0 cm³/mol. The Hall–Kier alpha value is -1.80. The molecule has 0 bridgehead atoms. The number of fused-ring (bicyclic) bond motifs is 1. The zero-order chi connectivity index (χ0) is 13.1. The molecule has 1 aliphatic rings. The van der Waals surface area contributed by atoms with Crippen molar-refractivity contribution in [2.45, 2.75) is 19.3 Å². The molecule has 0 atom stereocenters. The molecule has 0 unspecified atom stereocenters. The summed E-state index contributed by atoms with van der Waals surface area (Å²) < 4.78 is 0. The quantitative estimate of drug-likeness (QED) is 0.799. The number of hydrogen-bond acceptors (Lipinski definition) is 2. The fourth-order valence-corrected chi connectivity index (χ4v) is 2.57. The average Bonchev–Trinajstić information content (AvgIpc) is 2.46. The molecule has 0 heterocycles. The van der Waals surface area contributed by atoms with Crippen LogP contribution in [0.1, 0.15) is 24.0 Å². The summed E-state index contributed by atoms with van der Waals surface area (Å²) in [5.41, 5.74) is 7.68. The summed E-state index contributed by atoms with van der Waals surface area (Å²) in [5.74, 6) is 0. The molecule has 0 radical (unpaired) electrons. The van der Waals surface area contributed by atoms with Crippen molar-refractivity contribution in [3.63, 3.8) is 0 Å². The lowest BCUT2D eigenvalue weighted by molar-refractivity contribution is 0.837. The molecule has 1 N–H and O–H groups in total. The summed E-state index contributed by atoms with van der Waals surface area (Å²) in [6.07, 6.45) is 3.30. The normalized spacial score (nSPS) is 16.2. The molecule has 1 aliphatic carbocycles. The second kappa shape index (κ2) is 5.45. The van der Waals surface area contributed by atoms with E-state index < -0.39 is 0 Å². The van der Waals surface area contributed by atoms with E-state index in [-0.39, 0.29) is 0 Å². The van der Waals surface area contributed by atoms with E-state index in [0.717, 1.165) is 30.7 Å². The molecular weight excluding hydrogens is 256 g/mol. The third-order valence-electron chi connectivity index (χ3n) is 3.37. The monoisotopic (exact) mass is 270 g/mol. The molecule has 0 aliphatic heterocycles. The van der Waals surface area contributed by atoms with Gasteiger partial charge in [-0.1, -0.05) is 48.0 Å². The van der Waals surface area contributed by atoms with Gasteiger partial charge < -0.3 is 0 Å². The highest BCUT2D eigenvalue weighted by molar-refractivity contribution is 6.33. The number of rotatable bonds is 2. The smallest absolute Gasteiger partial charge is 0.0748 e. The van der Waals surface area contributed by atoms with E-state index in [1.807, 2.05) is 24.3 Å². The van der Waals surface area contributed by atoms with Crippen LogP contribution in [0, 0.1) is 0 Å². The maximum Gasteiger partial charge on any atom is 0.0748 e. The molecule has 3 heteroatoms.